The standard InChI is InChI=1S/C28H37FN2O4S/c1-20(2)7-6-8-23-11-14-28-26(15-23)35-27(18-30(5)17-24-9-12-25(29)13-10-24)21(3)16-31(22(4)19-32)36(28,33)34/h9-15,20-22,27,32H,7,16-19H2,1-5H3/t21-,22-,27-/m0/s1. The molecule has 0 fully saturated rings. The summed E-state index contributed by atoms with van der Waals surface area (Å²) in [6.45, 7) is 8.91. The number of nitrogens with zero attached hydrogens (tertiary/aromatic N) is 2. The fourth-order valence-electron chi connectivity index (χ4n) is 4.15. The predicted octanol–water partition coefficient (Wildman–Crippen LogP) is 4.12. The van der Waals surface area contributed by atoms with Crippen LogP contribution in [-0.2, 0) is 16.6 Å². The molecular weight excluding hydrogens is 479 g/mol. The van der Waals surface area contributed by atoms with E-state index in [0.717, 1.165) is 12.0 Å². The van der Waals surface area contributed by atoms with Crippen LogP contribution in [0, 0.1) is 29.5 Å². The van der Waals surface area contributed by atoms with Crippen molar-refractivity contribution < 1.29 is 22.7 Å². The summed E-state index contributed by atoms with van der Waals surface area (Å²) >= 11 is 0. The fraction of sp³-hybridized carbons (Fsp3) is 0.500. The molecule has 3 rings (SSSR count). The van der Waals surface area contributed by atoms with Crippen molar-refractivity contribution in [1.82, 2.24) is 9.21 Å². The monoisotopic (exact) mass is 516 g/mol. The van der Waals surface area contributed by atoms with Crippen LogP contribution in [0.4, 0.5) is 4.39 Å². The van der Waals surface area contributed by atoms with E-state index in [1.54, 1.807) is 37.3 Å². The zero-order valence-corrected chi connectivity index (χ0v) is 22.6. The van der Waals surface area contributed by atoms with Crippen molar-refractivity contribution >= 4 is 10.0 Å². The van der Waals surface area contributed by atoms with E-state index in [9.17, 15) is 17.9 Å². The van der Waals surface area contributed by atoms with Crippen LogP contribution < -0.4 is 4.74 Å². The second kappa shape index (κ2) is 12.2. The van der Waals surface area contributed by atoms with Gasteiger partial charge in [0.1, 0.15) is 22.6 Å². The van der Waals surface area contributed by atoms with Crippen LogP contribution in [-0.4, -0.2) is 61.6 Å². The molecule has 2 aromatic carbocycles. The van der Waals surface area contributed by atoms with Crippen molar-refractivity contribution in [2.45, 2.75) is 57.7 Å². The van der Waals surface area contributed by atoms with E-state index in [1.165, 1.54) is 16.4 Å². The zero-order chi connectivity index (χ0) is 26.5. The highest BCUT2D eigenvalue weighted by atomic mass is 32.2. The number of ether oxygens (including phenoxy) is 1. The van der Waals surface area contributed by atoms with Crippen LogP contribution in [0.2, 0.25) is 0 Å². The van der Waals surface area contributed by atoms with Gasteiger partial charge in [-0.05, 0) is 55.8 Å². The number of fused-ring (bicyclic) bond motifs is 1. The molecule has 6 nitrogen and oxygen atoms in total. The number of hydrogen-bond acceptors (Lipinski definition) is 5. The molecule has 196 valence electrons. The van der Waals surface area contributed by atoms with Gasteiger partial charge in [-0.15, -0.1) is 0 Å². The summed E-state index contributed by atoms with van der Waals surface area (Å²) in [5.74, 6) is 6.54. The van der Waals surface area contributed by atoms with Crippen LogP contribution in [0.25, 0.3) is 0 Å². The van der Waals surface area contributed by atoms with E-state index in [0.29, 0.717) is 24.6 Å². The first-order valence-electron chi connectivity index (χ1n) is 12.4. The van der Waals surface area contributed by atoms with Crippen LogP contribution in [0.5, 0.6) is 5.75 Å². The van der Waals surface area contributed by atoms with Crippen molar-refractivity contribution in [3.05, 3.63) is 59.4 Å². The van der Waals surface area contributed by atoms with Gasteiger partial charge in [0.25, 0.3) is 0 Å². The van der Waals surface area contributed by atoms with Crippen LogP contribution in [0.1, 0.15) is 45.2 Å². The summed E-state index contributed by atoms with van der Waals surface area (Å²) in [7, 11) is -1.93. The van der Waals surface area contributed by atoms with Gasteiger partial charge >= 0.3 is 0 Å². The fourth-order valence-corrected chi connectivity index (χ4v) is 5.98. The Morgan fingerprint density at radius 3 is 2.53 bits per heavy atom. The molecule has 3 atom stereocenters. The molecule has 8 heteroatoms. The molecule has 0 bridgehead atoms. The predicted molar refractivity (Wildman–Crippen MR) is 140 cm³/mol. The van der Waals surface area contributed by atoms with Crippen molar-refractivity contribution in [2.24, 2.45) is 11.8 Å². The average Bonchev–Trinajstić information content (AvgIpc) is 2.82. The summed E-state index contributed by atoms with van der Waals surface area (Å²) in [5, 5.41) is 9.81. The Kier molecular flexibility index (Phi) is 9.53. The van der Waals surface area contributed by atoms with Crippen molar-refractivity contribution in [2.75, 3.05) is 26.7 Å². The molecule has 0 saturated carbocycles. The lowest BCUT2D eigenvalue weighted by atomic mass is 10.0. The van der Waals surface area contributed by atoms with Gasteiger partial charge in [-0.1, -0.05) is 44.7 Å². The lowest BCUT2D eigenvalue weighted by Crippen LogP contribution is -2.49. The first-order valence-corrected chi connectivity index (χ1v) is 13.8. The van der Waals surface area contributed by atoms with Crippen molar-refractivity contribution in [3.63, 3.8) is 0 Å². The van der Waals surface area contributed by atoms with Crippen LogP contribution >= 0.6 is 0 Å². The molecular formula is C28H37FN2O4S. The summed E-state index contributed by atoms with van der Waals surface area (Å²) in [5.41, 5.74) is 1.66. The molecule has 0 amide bonds. The first kappa shape index (κ1) is 28.1. The molecule has 0 radical (unpaired) electrons. The number of aliphatic hydroxyl groups excluding tert-OH is 1. The third-order valence-corrected chi connectivity index (χ3v) is 8.29. The third kappa shape index (κ3) is 7.07. The van der Waals surface area contributed by atoms with Crippen molar-refractivity contribution in [3.8, 4) is 17.6 Å². The minimum atomic E-state index is -3.89. The maximum atomic E-state index is 13.6. The average molecular weight is 517 g/mol. The lowest BCUT2D eigenvalue weighted by Gasteiger charge is -2.37. The maximum absolute atomic E-state index is 13.6. The van der Waals surface area contributed by atoms with Gasteiger partial charge in [0.15, 0.2) is 0 Å². The number of likely N-dealkylation sites (N-methyl/N-ethyl adjacent to an activating group) is 1. The quantitative estimate of drug-likeness (QED) is 0.561. The molecule has 1 N–H and O–H groups in total. The Hall–Kier alpha value is -2.44. The Morgan fingerprint density at radius 1 is 1.19 bits per heavy atom. The van der Waals surface area contributed by atoms with E-state index in [2.05, 4.69) is 30.6 Å². The molecule has 0 aliphatic carbocycles. The minimum absolute atomic E-state index is 0.0790. The number of hydrogen-bond donors (Lipinski definition) is 1. The molecule has 1 heterocycles. The molecule has 2 aromatic rings. The normalized spacial score (nSPS) is 20.6. The molecule has 1 aliphatic heterocycles. The van der Waals surface area contributed by atoms with Gasteiger partial charge in [-0.3, -0.25) is 4.90 Å². The SMILES string of the molecule is CC(C)CC#Cc1ccc2c(c1)O[C@@H](CN(C)Cc1ccc(F)cc1)[C@@H](C)CN([C@@H](C)CO)S2(=O)=O. The smallest absolute Gasteiger partial charge is 0.247 e. The number of aliphatic hydroxyl groups is 1. The second-order valence-electron chi connectivity index (χ2n) is 10.1. The van der Waals surface area contributed by atoms with Gasteiger partial charge in [0.2, 0.25) is 10.0 Å². The molecule has 0 unspecified atom stereocenters. The van der Waals surface area contributed by atoms with Gasteiger partial charge in [0, 0.05) is 43.6 Å². The van der Waals surface area contributed by atoms with Crippen LogP contribution in [0.3, 0.4) is 0 Å². The minimum Gasteiger partial charge on any atom is -0.487 e. The van der Waals surface area contributed by atoms with Gasteiger partial charge in [-0.25, -0.2) is 12.8 Å². The largest absolute Gasteiger partial charge is 0.487 e. The van der Waals surface area contributed by atoms with E-state index < -0.39 is 16.1 Å². The number of benzene rings is 2. The Morgan fingerprint density at radius 2 is 1.89 bits per heavy atom. The molecule has 36 heavy (non-hydrogen) atoms. The Balaban J connectivity index is 1.95. The second-order valence-corrected chi connectivity index (χ2v) is 12.0. The summed E-state index contributed by atoms with van der Waals surface area (Å²) < 4.78 is 48.3. The Labute approximate surface area is 215 Å². The lowest BCUT2D eigenvalue weighted by molar-refractivity contribution is 0.0733. The zero-order valence-electron chi connectivity index (χ0n) is 21.7. The van der Waals surface area contributed by atoms with Crippen LogP contribution in [0.15, 0.2) is 47.4 Å². The topological polar surface area (TPSA) is 70.1 Å². The van der Waals surface area contributed by atoms with E-state index in [4.69, 9.17) is 4.74 Å². The summed E-state index contributed by atoms with van der Waals surface area (Å²) in [6, 6.07) is 10.8. The van der Waals surface area contributed by atoms with E-state index in [1.807, 2.05) is 14.0 Å². The van der Waals surface area contributed by atoms with E-state index >= 15 is 0 Å². The highest BCUT2D eigenvalue weighted by Gasteiger charge is 2.38. The first-order chi connectivity index (χ1) is 17.0. The number of halogens is 1. The third-order valence-electron chi connectivity index (χ3n) is 6.27. The molecule has 0 saturated heterocycles. The molecule has 0 aromatic heterocycles. The van der Waals surface area contributed by atoms with Gasteiger partial charge in [0.05, 0.1) is 6.61 Å². The van der Waals surface area contributed by atoms with Crippen molar-refractivity contribution in [1.29, 1.82) is 0 Å². The maximum Gasteiger partial charge on any atom is 0.247 e. The number of sulfonamides is 1. The van der Waals surface area contributed by atoms with Gasteiger partial charge < -0.3 is 9.84 Å². The highest BCUT2D eigenvalue weighted by Crippen LogP contribution is 2.34. The Bertz CT molecular complexity index is 1190. The molecule has 0 spiro atoms. The highest BCUT2D eigenvalue weighted by molar-refractivity contribution is 7.89. The summed E-state index contributed by atoms with van der Waals surface area (Å²) in [4.78, 5) is 2.16. The van der Waals surface area contributed by atoms with E-state index in [-0.39, 0.29) is 41.6 Å². The number of rotatable bonds is 7. The summed E-state index contributed by atoms with van der Waals surface area (Å²) in [6.07, 6.45) is 0.420. The van der Waals surface area contributed by atoms with Gasteiger partial charge in [-0.2, -0.15) is 4.31 Å². The molecule has 1 aliphatic rings.